The Bertz CT molecular complexity index is 718. The van der Waals surface area contributed by atoms with Crippen LogP contribution < -0.4 is 10.2 Å². The molecular formula is C16H20N4O3. The number of piperidine rings is 1. The molecule has 0 aliphatic carbocycles. The Morgan fingerprint density at radius 3 is 2.91 bits per heavy atom. The molecule has 3 heterocycles. The van der Waals surface area contributed by atoms with Gasteiger partial charge in [0.2, 0.25) is 0 Å². The maximum absolute atomic E-state index is 12.6. The number of carbonyl (C=O) groups is 2. The molecule has 1 fully saturated rings. The molecule has 7 heteroatoms. The first-order valence-corrected chi connectivity index (χ1v) is 7.79. The van der Waals surface area contributed by atoms with E-state index in [1.165, 1.54) is 0 Å². The van der Waals surface area contributed by atoms with Gasteiger partial charge in [-0.05, 0) is 25.0 Å². The molecule has 1 saturated heterocycles. The Morgan fingerprint density at radius 1 is 1.43 bits per heavy atom. The summed E-state index contributed by atoms with van der Waals surface area (Å²) in [5.74, 6) is 1.11. The smallest absolute Gasteiger partial charge is 0.287 e. The molecule has 2 aromatic heterocycles. The van der Waals surface area contributed by atoms with E-state index in [0.29, 0.717) is 18.8 Å². The lowest BCUT2D eigenvalue weighted by atomic mass is 10.0. The summed E-state index contributed by atoms with van der Waals surface area (Å²) in [6.07, 6.45) is 3.95. The van der Waals surface area contributed by atoms with Crippen molar-refractivity contribution in [3.63, 3.8) is 0 Å². The minimum Gasteiger partial charge on any atom is -0.456 e. The van der Waals surface area contributed by atoms with Crippen LogP contribution in [0.5, 0.6) is 0 Å². The molecule has 1 aliphatic rings. The highest BCUT2D eigenvalue weighted by Gasteiger charge is 2.32. The average Bonchev–Trinajstić information content (AvgIpc) is 3.18. The Labute approximate surface area is 134 Å². The van der Waals surface area contributed by atoms with Gasteiger partial charge in [0.05, 0.1) is 0 Å². The lowest BCUT2D eigenvalue weighted by molar-refractivity contribution is -0.121. The van der Waals surface area contributed by atoms with Gasteiger partial charge in [-0.15, -0.1) is 0 Å². The molecule has 1 aliphatic heterocycles. The van der Waals surface area contributed by atoms with Crippen LogP contribution in [0.3, 0.4) is 0 Å². The molecule has 2 aromatic rings. The van der Waals surface area contributed by atoms with Crippen molar-refractivity contribution in [3.8, 4) is 0 Å². The second-order valence-electron chi connectivity index (χ2n) is 5.63. The SMILES string of the molecule is CCc1ccc(C(=O)N[C@@H]2CCCN(c3ccn(C)n3)C2=O)o1. The van der Waals surface area contributed by atoms with Gasteiger partial charge in [-0.2, -0.15) is 5.10 Å². The molecule has 0 radical (unpaired) electrons. The van der Waals surface area contributed by atoms with Crippen molar-refractivity contribution in [2.75, 3.05) is 11.4 Å². The van der Waals surface area contributed by atoms with Gasteiger partial charge in [0, 0.05) is 32.3 Å². The van der Waals surface area contributed by atoms with Crippen molar-refractivity contribution >= 4 is 17.6 Å². The highest BCUT2D eigenvalue weighted by Crippen LogP contribution is 2.19. The average molecular weight is 316 g/mol. The second kappa shape index (κ2) is 6.28. The number of anilines is 1. The summed E-state index contributed by atoms with van der Waals surface area (Å²) < 4.78 is 7.09. The Hall–Kier alpha value is -2.57. The molecule has 7 nitrogen and oxygen atoms in total. The first-order chi connectivity index (χ1) is 11.1. The Balaban J connectivity index is 1.70. The van der Waals surface area contributed by atoms with Gasteiger partial charge in [0.25, 0.3) is 11.8 Å². The highest BCUT2D eigenvalue weighted by atomic mass is 16.3. The topological polar surface area (TPSA) is 80.4 Å². The molecular weight excluding hydrogens is 296 g/mol. The predicted octanol–water partition coefficient (Wildman–Crippen LogP) is 1.50. The zero-order valence-corrected chi connectivity index (χ0v) is 13.3. The Kier molecular flexibility index (Phi) is 4.18. The third-order valence-electron chi connectivity index (χ3n) is 3.95. The highest BCUT2D eigenvalue weighted by molar-refractivity contribution is 6.01. The van der Waals surface area contributed by atoms with Crippen LogP contribution in [0.15, 0.2) is 28.8 Å². The van der Waals surface area contributed by atoms with Crippen molar-refractivity contribution < 1.29 is 14.0 Å². The van der Waals surface area contributed by atoms with Gasteiger partial charge in [-0.25, -0.2) is 0 Å². The van der Waals surface area contributed by atoms with E-state index in [1.54, 1.807) is 41.0 Å². The van der Waals surface area contributed by atoms with E-state index < -0.39 is 6.04 Å². The van der Waals surface area contributed by atoms with Gasteiger partial charge in [-0.3, -0.25) is 19.2 Å². The lowest BCUT2D eigenvalue weighted by Gasteiger charge is -2.30. The quantitative estimate of drug-likeness (QED) is 0.927. The molecule has 2 amide bonds. The number of aromatic nitrogens is 2. The molecule has 3 rings (SSSR count). The molecule has 0 unspecified atom stereocenters. The molecule has 122 valence electrons. The largest absolute Gasteiger partial charge is 0.456 e. The molecule has 0 aromatic carbocycles. The molecule has 0 saturated carbocycles. The first kappa shape index (κ1) is 15.3. The molecule has 23 heavy (non-hydrogen) atoms. The van der Waals surface area contributed by atoms with Crippen molar-refractivity contribution in [3.05, 3.63) is 35.9 Å². The summed E-state index contributed by atoms with van der Waals surface area (Å²) in [6, 6.07) is 4.66. The number of furan rings is 1. The third-order valence-corrected chi connectivity index (χ3v) is 3.95. The number of nitrogens with one attached hydrogen (secondary N) is 1. The van der Waals surface area contributed by atoms with Crippen LogP contribution in [0, 0.1) is 0 Å². The summed E-state index contributed by atoms with van der Waals surface area (Å²) in [5.41, 5.74) is 0. The molecule has 1 atom stereocenters. The summed E-state index contributed by atoms with van der Waals surface area (Å²) in [5, 5.41) is 7.03. The monoisotopic (exact) mass is 316 g/mol. The van der Waals surface area contributed by atoms with Gasteiger partial charge >= 0.3 is 0 Å². The zero-order chi connectivity index (χ0) is 16.4. The van der Waals surface area contributed by atoms with Crippen molar-refractivity contribution in [2.45, 2.75) is 32.2 Å². The summed E-state index contributed by atoms with van der Waals surface area (Å²) in [7, 11) is 1.80. The number of amides is 2. The zero-order valence-electron chi connectivity index (χ0n) is 13.3. The van der Waals surface area contributed by atoms with Crippen LogP contribution in [-0.2, 0) is 18.3 Å². The second-order valence-corrected chi connectivity index (χ2v) is 5.63. The van der Waals surface area contributed by atoms with E-state index in [4.69, 9.17) is 4.42 Å². The van der Waals surface area contributed by atoms with Crippen molar-refractivity contribution in [1.82, 2.24) is 15.1 Å². The van der Waals surface area contributed by atoms with E-state index >= 15 is 0 Å². The minimum absolute atomic E-state index is 0.134. The summed E-state index contributed by atoms with van der Waals surface area (Å²) >= 11 is 0. The van der Waals surface area contributed by atoms with Gasteiger partial charge < -0.3 is 9.73 Å². The van der Waals surface area contributed by atoms with E-state index in [2.05, 4.69) is 10.4 Å². The lowest BCUT2D eigenvalue weighted by Crippen LogP contribution is -2.52. The normalized spacial score (nSPS) is 18.3. The number of rotatable bonds is 4. The first-order valence-electron chi connectivity index (χ1n) is 7.79. The van der Waals surface area contributed by atoms with E-state index in [9.17, 15) is 9.59 Å². The fourth-order valence-electron chi connectivity index (χ4n) is 2.70. The third kappa shape index (κ3) is 3.13. The molecule has 1 N–H and O–H groups in total. The van der Waals surface area contributed by atoms with Gasteiger partial charge in [0.15, 0.2) is 11.6 Å². The van der Waals surface area contributed by atoms with Crippen LogP contribution in [0.2, 0.25) is 0 Å². The maximum atomic E-state index is 12.6. The Morgan fingerprint density at radius 2 is 2.26 bits per heavy atom. The van der Waals surface area contributed by atoms with Gasteiger partial charge in [0.1, 0.15) is 11.8 Å². The summed E-state index contributed by atoms with van der Waals surface area (Å²) in [4.78, 5) is 26.5. The number of carbonyl (C=O) groups excluding carboxylic acids is 2. The van der Waals surface area contributed by atoms with Crippen molar-refractivity contribution in [1.29, 1.82) is 0 Å². The number of hydrogen-bond acceptors (Lipinski definition) is 4. The van der Waals surface area contributed by atoms with Crippen LogP contribution in [0.4, 0.5) is 5.82 Å². The molecule has 0 bridgehead atoms. The van der Waals surface area contributed by atoms with Gasteiger partial charge in [-0.1, -0.05) is 6.92 Å². The predicted molar refractivity (Wildman–Crippen MR) is 84.1 cm³/mol. The maximum Gasteiger partial charge on any atom is 0.287 e. The van der Waals surface area contributed by atoms with Crippen molar-refractivity contribution in [2.24, 2.45) is 7.05 Å². The van der Waals surface area contributed by atoms with Crippen LogP contribution in [-0.4, -0.2) is 34.2 Å². The fraction of sp³-hybridized carbons (Fsp3) is 0.438. The fourth-order valence-corrected chi connectivity index (χ4v) is 2.70. The standard InChI is InChI=1S/C16H20N4O3/c1-3-11-6-7-13(23-11)15(21)17-12-5-4-9-20(16(12)22)14-8-10-19(2)18-14/h6-8,10,12H,3-5,9H2,1-2H3,(H,17,21)/t12-/m1/s1. The molecule has 0 spiro atoms. The minimum atomic E-state index is -0.548. The van der Waals surface area contributed by atoms with E-state index in [1.807, 2.05) is 6.92 Å². The number of hydrogen-bond donors (Lipinski definition) is 1. The van der Waals surface area contributed by atoms with E-state index in [0.717, 1.165) is 18.6 Å². The summed E-state index contributed by atoms with van der Waals surface area (Å²) in [6.45, 7) is 2.57. The number of nitrogens with zero attached hydrogens (tertiary/aromatic N) is 3. The van der Waals surface area contributed by atoms with E-state index in [-0.39, 0.29) is 17.6 Å². The number of aryl methyl sites for hydroxylation is 2. The van der Waals surface area contributed by atoms with Crippen LogP contribution in [0.25, 0.3) is 0 Å². The van der Waals surface area contributed by atoms with Crippen LogP contribution in [0.1, 0.15) is 36.1 Å². The van der Waals surface area contributed by atoms with Crippen LogP contribution >= 0.6 is 0 Å².